The van der Waals surface area contributed by atoms with Gasteiger partial charge in [-0.15, -0.1) is 0 Å². The second-order valence-corrected chi connectivity index (χ2v) is 4.66. The number of hydrogen-bond donors (Lipinski definition) is 4. The molecule has 21 heavy (non-hydrogen) atoms. The van der Waals surface area contributed by atoms with E-state index in [-0.39, 0.29) is 11.1 Å². The number of Topliss-reactive ketones (excluding diaryl/α,β-unsaturated/α-hetero) is 1. The molecule has 1 unspecified atom stereocenters. The van der Waals surface area contributed by atoms with Crippen molar-refractivity contribution in [2.45, 2.75) is 12.3 Å². The number of benzene rings is 1. The Morgan fingerprint density at radius 3 is 2.48 bits per heavy atom. The van der Waals surface area contributed by atoms with Gasteiger partial charge in [0.05, 0.1) is 5.39 Å². The minimum atomic E-state index is -1.34. The summed E-state index contributed by atoms with van der Waals surface area (Å²) < 4.78 is 5.17. The third kappa shape index (κ3) is 1.59. The molecule has 2 aromatic rings. The average Bonchev–Trinajstić information content (AvgIpc) is 2.76. The molecule has 0 aliphatic heterocycles. The third-order valence-corrected chi connectivity index (χ3v) is 3.42. The van der Waals surface area contributed by atoms with Gasteiger partial charge in [-0.05, 0) is 6.07 Å². The van der Waals surface area contributed by atoms with Gasteiger partial charge < -0.3 is 24.8 Å². The fraction of sp³-hybridized carbons (Fsp3) is 0.154. The number of fused-ring (bicyclic) bond motifs is 2. The number of aromatic hydroxyl groups is 3. The van der Waals surface area contributed by atoms with E-state index in [2.05, 4.69) is 0 Å². The lowest BCUT2D eigenvalue weighted by molar-refractivity contribution is -0.139. The van der Waals surface area contributed by atoms with E-state index in [1.807, 2.05) is 0 Å². The van der Waals surface area contributed by atoms with Crippen molar-refractivity contribution in [1.29, 1.82) is 0 Å². The van der Waals surface area contributed by atoms with Gasteiger partial charge >= 0.3 is 5.97 Å². The maximum Gasteiger partial charge on any atom is 0.314 e. The van der Waals surface area contributed by atoms with Crippen LogP contribution in [0.5, 0.6) is 17.2 Å². The Hall–Kier alpha value is -3.03. The van der Waals surface area contributed by atoms with Gasteiger partial charge in [-0.3, -0.25) is 14.4 Å². The SMILES string of the molecule is O=C1CC(C(=O)O)c2oc3c(O)c(O)c(O)cc3c(=O)c21. The second kappa shape index (κ2) is 3.98. The van der Waals surface area contributed by atoms with Crippen molar-refractivity contribution >= 4 is 22.7 Å². The molecule has 1 atom stereocenters. The van der Waals surface area contributed by atoms with Gasteiger partial charge in [0.2, 0.25) is 16.9 Å². The quantitative estimate of drug-likeness (QED) is 0.561. The lowest BCUT2D eigenvalue weighted by Gasteiger charge is -2.08. The molecule has 3 rings (SSSR count). The van der Waals surface area contributed by atoms with Crippen LogP contribution in [-0.2, 0) is 4.79 Å². The van der Waals surface area contributed by atoms with Gasteiger partial charge in [0.25, 0.3) is 0 Å². The van der Waals surface area contributed by atoms with E-state index < -0.39 is 57.9 Å². The van der Waals surface area contributed by atoms with E-state index in [1.165, 1.54) is 0 Å². The van der Waals surface area contributed by atoms with Crippen LogP contribution in [0.3, 0.4) is 0 Å². The van der Waals surface area contributed by atoms with Crippen LogP contribution in [0.1, 0.15) is 28.5 Å². The molecular formula is C13H8O8. The molecule has 1 aliphatic rings. The average molecular weight is 292 g/mol. The van der Waals surface area contributed by atoms with Gasteiger partial charge in [0.15, 0.2) is 17.1 Å². The standard InChI is InChI=1S/C13H8O8/c14-5-2-4(13(19)20)11-7(5)8(16)3-1-6(15)9(17)10(18)12(3)21-11/h1,4,15,17-18H,2H2,(H,19,20). The Labute approximate surface area is 115 Å². The van der Waals surface area contributed by atoms with Crippen LogP contribution in [-0.4, -0.2) is 32.2 Å². The van der Waals surface area contributed by atoms with Gasteiger partial charge in [-0.2, -0.15) is 0 Å². The Bertz CT molecular complexity index is 876. The number of rotatable bonds is 1. The monoisotopic (exact) mass is 292 g/mol. The summed E-state index contributed by atoms with van der Waals surface area (Å²) in [4.78, 5) is 35.1. The Kier molecular flexibility index (Phi) is 2.46. The van der Waals surface area contributed by atoms with Crippen molar-refractivity contribution in [3.63, 3.8) is 0 Å². The highest BCUT2D eigenvalue weighted by atomic mass is 16.4. The van der Waals surface area contributed by atoms with E-state index >= 15 is 0 Å². The van der Waals surface area contributed by atoms with Gasteiger partial charge in [-0.25, -0.2) is 0 Å². The smallest absolute Gasteiger partial charge is 0.314 e. The van der Waals surface area contributed by atoms with E-state index in [4.69, 9.17) is 9.52 Å². The molecule has 8 nitrogen and oxygen atoms in total. The number of carbonyl (C=O) groups is 2. The minimum Gasteiger partial charge on any atom is -0.504 e. The van der Waals surface area contributed by atoms with Crippen LogP contribution in [0.4, 0.5) is 0 Å². The molecule has 1 heterocycles. The van der Waals surface area contributed by atoms with Gasteiger partial charge in [0, 0.05) is 6.42 Å². The first kappa shape index (κ1) is 13.0. The lowest BCUT2D eigenvalue weighted by Crippen LogP contribution is -2.13. The molecular weight excluding hydrogens is 284 g/mol. The zero-order valence-electron chi connectivity index (χ0n) is 10.3. The summed E-state index contributed by atoms with van der Waals surface area (Å²) in [5, 5.41) is 37.3. The first-order valence-corrected chi connectivity index (χ1v) is 5.83. The van der Waals surface area contributed by atoms with Crippen LogP contribution in [0.15, 0.2) is 15.3 Å². The highest BCUT2D eigenvalue weighted by Crippen LogP contribution is 2.43. The molecule has 108 valence electrons. The molecule has 1 aromatic carbocycles. The van der Waals surface area contributed by atoms with Crippen molar-refractivity contribution in [2.75, 3.05) is 0 Å². The fourth-order valence-corrected chi connectivity index (χ4v) is 2.40. The topological polar surface area (TPSA) is 145 Å². The van der Waals surface area contributed by atoms with E-state index in [0.29, 0.717) is 0 Å². The van der Waals surface area contributed by atoms with Gasteiger partial charge in [-0.1, -0.05) is 0 Å². The molecule has 4 N–H and O–H groups in total. The minimum absolute atomic E-state index is 0.319. The van der Waals surface area contributed by atoms with Crippen molar-refractivity contribution in [3.8, 4) is 17.2 Å². The van der Waals surface area contributed by atoms with Crippen molar-refractivity contribution in [1.82, 2.24) is 0 Å². The number of carboxylic acid groups (broad SMARTS) is 1. The van der Waals surface area contributed by atoms with Crippen molar-refractivity contribution in [2.24, 2.45) is 0 Å². The molecule has 1 aromatic heterocycles. The molecule has 0 radical (unpaired) electrons. The molecule has 0 amide bonds. The van der Waals surface area contributed by atoms with Crippen molar-refractivity contribution < 1.29 is 34.4 Å². The summed E-state index contributed by atoms with van der Waals surface area (Å²) in [7, 11) is 0. The number of aliphatic carboxylic acids is 1. The Morgan fingerprint density at radius 1 is 1.19 bits per heavy atom. The number of ketones is 1. The summed E-state index contributed by atoms with van der Waals surface area (Å²) >= 11 is 0. The summed E-state index contributed by atoms with van der Waals surface area (Å²) in [6.45, 7) is 0. The highest BCUT2D eigenvalue weighted by Gasteiger charge is 2.40. The summed E-state index contributed by atoms with van der Waals surface area (Å²) in [6.07, 6.45) is -0.418. The molecule has 0 spiro atoms. The number of phenols is 3. The number of phenolic OH excluding ortho intramolecular Hbond substituents is 3. The maximum atomic E-state index is 12.2. The number of carboxylic acids is 1. The van der Waals surface area contributed by atoms with Crippen LogP contribution in [0, 0.1) is 0 Å². The molecule has 0 saturated heterocycles. The zero-order chi connectivity index (χ0) is 15.5. The normalized spacial score (nSPS) is 17.1. The molecule has 0 bridgehead atoms. The highest BCUT2D eigenvalue weighted by molar-refractivity contribution is 6.07. The van der Waals surface area contributed by atoms with E-state index in [0.717, 1.165) is 6.07 Å². The Balaban J connectivity index is 2.48. The predicted octanol–water partition coefficient (Wildman–Crippen LogP) is 0.664. The summed E-state index contributed by atoms with van der Waals surface area (Å²) in [5.74, 6) is -6.25. The van der Waals surface area contributed by atoms with Crippen LogP contribution in [0.25, 0.3) is 11.0 Å². The molecule has 1 aliphatic carbocycles. The third-order valence-electron chi connectivity index (χ3n) is 3.42. The van der Waals surface area contributed by atoms with E-state index in [9.17, 15) is 29.7 Å². The van der Waals surface area contributed by atoms with Crippen LogP contribution >= 0.6 is 0 Å². The first-order valence-electron chi connectivity index (χ1n) is 5.83. The largest absolute Gasteiger partial charge is 0.504 e. The first-order chi connectivity index (χ1) is 9.82. The maximum absolute atomic E-state index is 12.2. The number of hydrogen-bond acceptors (Lipinski definition) is 7. The Morgan fingerprint density at radius 2 is 1.86 bits per heavy atom. The van der Waals surface area contributed by atoms with Crippen LogP contribution in [0.2, 0.25) is 0 Å². The molecule has 0 saturated carbocycles. The summed E-state index contributed by atoms with van der Waals surface area (Å²) in [6, 6.07) is 0.845. The predicted molar refractivity (Wildman–Crippen MR) is 66.8 cm³/mol. The summed E-state index contributed by atoms with van der Waals surface area (Å²) in [5.41, 5.74) is -1.74. The molecule has 0 fully saturated rings. The number of carbonyl (C=O) groups excluding carboxylic acids is 1. The lowest BCUT2D eigenvalue weighted by atomic mass is 10.1. The van der Waals surface area contributed by atoms with Crippen molar-refractivity contribution in [3.05, 3.63) is 27.6 Å². The van der Waals surface area contributed by atoms with Crippen LogP contribution < -0.4 is 5.43 Å². The van der Waals surface area contributed by atoms with Gasteiger partial charge in [0.1, 0.15) is 17.2 Å². The fourth-order valence-electron chi connectivity index (χ4n) is 2.40. The second-order valence-electron chi connectivity index (χ2n) is 4.66. The zero-order valence-corrected chi connectivity index (χ0v) is 10.3. The molecule has 8 heteroatoms. The van der Waals surface area contributed by atoms with E-state index in [1.54, 1.807) is 0 Å².